The fourth-order valence-electron chi connectivity index (χ4n) is 3.16. The zero-order valence-electron chi connectivity index (χ0n) is 13.0. The molecular weight excluding hydrogens is 270 g/mol. The number of rotatable bonds is 3. The third-order valence-corrected chi connectivity index (χ3v) is 4.27. The molecule has 114 valence electrons. The summed E-state index contributed by atoms with van der Waals surface area (Å²) in [6.07, 6.45) is 3.62. The Morgan fingerprint density at radius 1 is 1.23 bits per heavy atom. The Balaban J connectivity index is 1.67. The largest absolute Gasteiger partial charge is 0.370 e. The van der Waals surface area contributed by atoms with Crippen LogP contribution in [0.1, 0.15) is 35.4 Å². The summed E-state index contributed by atoms with van der Waals surface area (Å²) in [5, 5.41) is 3.17. The van der Waals surface area contributed by atoms with Gasteiger partial charge in [0, 0.05) is 18.2 Å². The molecular formula is C19H23N3. The number of hydrogen-bond acceptors (Lipinski definition) is 1. The summed E-state index contributed by atoms with van der Waals surface area (Å²) < 4.78 is 0. The molecule has 0 fully saturated rings. The van der Waals surface area contributed by atoms with E-state index >= 15 is 0 Å². The van der Waals surface area contributed by atoms with Crippen molar-refractivity contribution in [2.45, 2.75) is 32.1 Å². The van der Waals surface area contributed by atoms with Crippen molar-refractivity contribution in [3.05, 3.63) is 65.2 Å². The van der Waals surface area contributed by atoms with Crippen molar-refractivity contribution < 1.29 is 0 Å². The molecule has 0 aliphatic heterocycles. The molecule has 0 saturated carbocycles. The summed E-state index contributed by atoms with van der Waals surface area (Å²) >= 11 is 0. The average molecular weight is 293 g/mol. The molecule has 1 aliphatic rings. The van der Waals surface area contributed by atoms with Gasteiger partial charge >= 0.3 is 0 Å². The van der Waals surface area contributed by atoms with Crippen molar-refractivity contribution in [3.8, 4) is 0 Å². The van der Waals surface area contributed by atoms with E-state index in [2.05, 4.69) is 53.6 Å². The van der Waals surface area contributed by atoms with Gasteiger partial charge in [-0.25, -0.2) is 0 Å². The summed E-state index contributed by atoms with van der Waals surface area (Å²) in [5.74, 6) is 0.983. The first kappa shape index (κ1) is 14.6. The molecule has 0 saturated heterocycles. The third kappa shape index (κ3) is 3.48. The van der Waals surface area contributed by atoms with Crippen molar-refractivity contribution >= 4 is 11.6 Å². The van der Waals surface area contributed by atoms with Crippen molar-refractivity contribution in [1.29, 1.82) is 0 Å². The van der Waals surface area contributed by atoms with Gasteiger partial charge in [0.2, 0.25) is 0 Å². The molecule has 0 radical (unpaired) electrons. The second-order valence-corrected chi connectivity index (χ2v) is 6.01. The highest BCUT2D eigenvalue weighted by atomic mass is 15.1. The molecule has 0 aromatic heterocycles. The maximum absolute atomic E-state index is 6.03. The van der Waals surface area contributed by atoms with Gasteiger partial charge in [0.25, 0.3) is 0 Å². The van der Waals surface area contributed by atoms with Crippen LogP contribution < -0.4 is 11.1 Å². The monoisotopic (exact) mass is 293 g/mol. The van der Waals surface area contributed by atoms with Crippen LogP contribution in [0.25, 0.3) is 0 Å². The minimum atomic E-state index is 0.489. The lowest BCUT2D eigenvalue weighted by atomic mass is 9.83. The third-order valence-electron chi connectivity index (χ3n) is 4.27. The van der Waals surface area contributed by atoms with Crippen LogP contribution in [0.4, 0.5) is 5.69 Å². The molecule has 0 heterocycles. The maximum Gasteiger partial charge on any atom is 0.193 e. The number of anilines is 1. The Bertz CT molecular complexity index is 676. The van der Waals surface area contributed by atoms with E-state index in [0.29, 0.717) is 11.9 Å². The van der Waals surface area contributed by atoms with E-state index in [-0.39, 0.29) is 0 Å². The summed E-state index contributed by atoms with van der Waals surface area (Å²) in [5.41, 5.74) is 11.1. The van der Waals surface area contributed by atoms with Crippen LogP contribution in [0.3, 0.4) is 0 Å². The molecule has 1 aliphatic carbocycles. The standard InChI is InChI=1S/C19H23N3/c1-14-6-4-10-17(12-14)22-19(20)21-13-16-9-5-8-15-7-2-3-11-18(15)16/h2-4,6-7,10-12,16H,5,8-9,13H2,1H3,(H3,20,21,22). The molecule has 0 spiro atoms. The molecule has 3 N–H and O–H groups in total. The highest BCUT2D eigenvalue weighted by Crippen LogP contribution is 2.31. The van der Waals surface area contributed by atoms with Crippen molar-refractivity contribution in [1.82, 2.24) is 0 Å². The van der Waals surface area contributed by atoms with Gasteiger partial charge in [-0.1, -0.05) is 36.4 Å². The second-order valence-electron chi connectivity index (χ2n) is 6.01. The first-order chi connectivity index (χ1) is 10.7. The van der Waals surface area contributed by atoms with E-state index in [9.17, 15) is 0 Å². The SMILES string of the molecule is Cc1cccc(NC(N)=NCC2CCCc3ccccc32)c1. The van der Waals surface area contributed by atoms with Gasteiger partial charge in [-0.05, 0) is 55.0 Å². The first-order valence-corrected chi connectivity index (χ1v) is 7.94. The molecule has 2 aromatic carbocycles. The van der Waals surface area contributed by atoms with Gasteiger partial charge in [-0.15, -0.1) is 0 Å². The van der Waals surface area contributed by atoms with Crippen LogP contribution in [0.5, 0.6) is 0 Å². The van der Waals surface area contributed by atoms with E-state index in [4.69, 9.17) is 5.73 Å². The van der Waals surface area contributed by atoms with Crippen LogP contribution in [0.15, 0.2) is 53.5 Å². The molecule has 1 atom stereocenters. The highest BCUT2D eigenvalue weighted by molar-refractivity contribution is 5.92. The lowest BCUT2D eigenvalue weighted by Gasteiger charge is -2.24. The first-order valence-electron chi connectivity index (χ1n) is 7.94. The molecule has 2 aromatic rings. The van der Waals surface area contributed by atoms with Crippen LogP contribution in [-0.2, 0) is 6.42 Å². The van der Waals surface area contributed by atoms with Crippen molar-refractivity contribution in [3.63, 3.8) is 0 Å². The van der Waals surface area contributed by atoms with Crippen molar-refractivity contribution in [2.75, 3.05) is 11.9 Å². The van der Waals surface area contributed by atoms with Gasteiger partial charge in [0.1, 0.15) is 0 Å². The summed E-state index contributed by atoms with van der Waals surface area (Å²) in [7, 11) is 0. The Morgan fingerprint density at radius 3 is 2.95 bits per heavy atom. The normalized spacial score (nSPS) is 17.9. The predicted molar refractivity (Wildman–Crippen MR) is 93.4 cm³/mol. The number of fused-ring (bicyclic) bond motifs is 1. The number of aliphatic imine (C=N–C) groups is 1. The molecule has 3 rings (SSSR count). The number of nitrogens with one attached hydrogen (secondary N) is 1. The summed E-state index contributed by atoms with van der Waals surface area (Å²) in [4.78, 5) is 4.55. The van der Waals surface area contributed by atoms with Crippen LogP contribution in [0, 0.1) is 6.92 Å². The van der Waals surface area contributed by atoms with E-state index in [0.717, 1.165) is 12.2 Å². The van der Waals surface area contributed by atoms with E-state index < -0.39 is 0 Å². The maximum atomic E-state index is 6.03. The fraction of sp³-hybridized carbons (Fsp3) is 0.316. The Labute approximate surface area is 132 Å². The molecule has 0 amide bonds. The smallest absolute Gasteiger partial charge is 0.193 e. The quantitative estimate of drug-likeness (QED) is 0.667. The van der Waals surface area contributed by atoms with E-state index in [1.54, 1.807) is 0 Å². The van der Waals surface area contributed by atoms with Crippen molar-refractivity contribution in [2.24, 2.45) is 10.7 Å². The number of nitrogens with zero attached hydrogens (tertiary/aromatic N) is 1. The fourth-order valence-corrected chi connectivity index (χ4v) is 3.16. The molecule has 22 heavy (non-hydrogen) atoms. The van der Waals surface area contributed by atoms with E-state index in [1.165, 1.54) is 36.0 Å². The van der Waals surface area contributed by atoms with E-state index in [1.807, 2.05) is 12.1 Å². The topological polar surface area (TPSA) is 50.4 Å². The zero-order chi connectivity index (χ0) is 15.4. The molecule has 3 heteroatoms. The summed E-state index contributed by atoms with van der Waals surface area (Å²) in [6.45, 7) is 2.82. The average Bonchev–Trinajstić information content (AvgIpc) is 2.53. The highest BCUT2D eigenvalue weighted by Gasteiger charge is 2.19. The number of hydrogen-bond donors (Lipinski definition) is 2. The van der Waals surface area contributed by atoms with Gasteiger partial charge in [0.05, 0.1) is 0 Å². The van der Waals surface area contributed by atoms with Gasteiger partial charge < -0.3 is 11.1 Å². The number of benzene rings is 2. The van der Waals surface area contributed by atoms with Crippen LogP contribution in [-0.4, -0.2) is 12.5 Å². The number of nitrogens with two attached hydrogens (primary N) is 1. The molecule has 0 bridgehead atoms. The summed E-state index contributed by atoms with van der Waals surface area (Å²) in [6, 6.07) is 16.9. The molecule has 1 unspecified atom stereocenters. The lowest BCUT2D eigenvalue weighted by molar-refractivity contribution is 0.561. The second kappa shape index (κ2) is 6.65. The minimum absolute atomic E-state index is 0.489. The van der Waals surface area contributed by atoms with Gasteiger partial charge in [-0.2, -0.15) is 0 Å². The number of aryl methyl sites for hydroxylation is 2. The Kier molecular flexibility index (Phi) is 4.42. The van der Waals surface area contributed by atoms with Gasteiger partial charge in [0.15, 0.2) is 5.96 Å². The van der Waals surface area contributed by atoms with Crippen LogP contribution in [0.2, 0.25) is 0 Å². The molecule has 3 nitrogen and oxygen atoms in total. The Hall–Kier alpha value is -2.29. The Morgan fingerprint density at radius 2 is 2.09 bits per heavy atom. The lowest BCUT2D eigenvalue weighted by Crippen LogP contribution is -2.24. The van der Waals surface area contributed by atoms with Crippen LogP contribution >= 0.6 is 0 Å². The predicted octanol–water partition coefficient (Wildman–Crippen LogP) is 3.84. The zero-order valence-corrected chi connectivity index (χ0v) is 13.0. The minimum Gasteiger partial charge on any atom is -0.370 e. The number of guanidine groups is 1. The van der Waals surface area contributed by atoms with Gasteiger partial charge in [-0.3, -0.25) is 4.99 Å².